The van der Waals surface area contributed by atoms with Crippen LogP contribution >= 0.6 is 0 Å². The van der Waals surface area contributed by atoms with Crippen LogP contribution in [0.25, 0.3) is 0 Å². The van der Waals surface area contributed by atoms with Crippen LogP contribution in [0.2, 0.25) is 0 Å². The zero-order valence-corrected chi connectivity index (χ0v) is 11.7. The van der Waals surface area contributed by atoms with Gasteiger partial charge in [-0.25, -0.2) is 4.79 Å². The minimum atomic E-state index is -0.460. The molecule has 1 N–H and O–H groups in total. The first kappa shape index (κ1) is 14.4. The summed E-state index contributed by atoms with van der Waals surface area (Å²) in [5, 5.41) is 2.60. The van der Waals surface area contributed by atoms with Crippen LogP contribution in [0.4, 0.5) is 4.79 Å². The van der Waals surface area contributed by atoms with Crippen LogP contribution in [-0.2, 0) is 11.3 Å². The Labute approximate surface area is 118 Å². The monoisotopic (exact) mass is 276 g/mol. The average molecular weight is 276 g/mol. The molecule has 1 aliphatic heterocycles. The predicted molar refractivity (Wildman–Crippen MR) is 75.4 cm³/mol. The predicted octanol–water partition coefficient (Wildman–Crippen LogP) is 2.17. The molecule has 0 aliphatic carbocycles. The summed E-state index contributed by atoms with van der Waals surface area (Å²) in [5.41, 5.74) is 1.64. The second kappa shape index (κ2) is 6.93. The maximum absolute atomic E-state index is 12.3. The second-order valence-corrected chi connectivity index (χ2v) is 4.89. The van der Waals surface area contributed by atoms with E-state index >= 15 is 0 Å². The molecule has 1 heterocycles. The number of benzene rings is 1. The van der Waals surface area contributed by atoms with Crippen molar-refractivity contribution in [1.82, 2.24) is 10.2 Å². The Morgan fingerprint density at radius 3 is 2.40 bits per heavy atom. The van der Waals surface area contributed by atoms with E-state index in [2.05, 4.69) is 10.1 Å². The molecule has 1 fully saturated rings. The molecule has 2 rings (SSSR count). The zero-order valence-electron chi connectivity index (χ0n) is 11.7. The van der Waals surface area contributed by atoms with Crippen LogP contribution < -0.4 is 5.32 Å². The van der Waals surface area contributed by atoms with Crippen molar-refractivity contribution in [1.29, 1.82) is 0 Å². The highest BCUT2D eigenvalue weighted by Gasteiger charge is 2.17. The molecular formula is C15H20N2O3. The maximum Gasteiger partial charge on any atom is 0.407 e. The second-order valence-electron chi connectivity index (χ2n) is 4.89. The molecule has 1 aliphatic rings. The summed E-state index contributed by atoms with van der Waals surface area (Å²) < 4.78 is 4.50. The molecule has 0 atom stereocenters. The Kier molecular flexibility index (Phi) is 4.98. The number of alkyl carbamates (subject to hydrolysis) is 1. The first-order valence-electron chi connectivity index (χ1n) is 6.91. The minimum absolute atomic E-state index is 0.0946. The normalized spacial score (nSPS) is 14.8. The molecule has 2 amide bonds. The van der Waals surface area contributed by atoms with Crippen molar-refractivity contribution in [3.05, 3.63) is 35.4 Å². The number of likely N-dealkylation sites (tertiary alicyclic amines) is 1. The molecule has 1 aromatic rings. The van der Waals surface area contributed by atoms with Gasteiger partial charge < -0.3 is 15.0 Å². The van der Waals surface area contributed by atoms with Gasteiger partial charge >= 0.3 is 6.09 Å². The third-order valence-electron chi connectivity index (χ3n) is 3.47. The molecule has 20 heavy (non-hydrogen) atoms. The number of piperidine rings is 1. The molecule has 0 radical (unpaired) electrons. The fraction of sp³-hybridized carbons (Fsp3) is 0.467. The molecule has 5 heteroatoms. The number of carbonyl (C=O) groups excluding carboxylic acids is 2. The van der Waals surface area contributed by atoms with Gasteiger partial charge in [0.25, 0.3) is 5.91 Å². The number of methoxy groups -OCH3 is 1. The first-order valence-corrected chi connectivity index (χ1v) is 6.91. The van der Waals surface area contributed by atoms with Gasteiger partial charge in [0.05, 0.1) is 7.11 Å². The van der Waals surface area contributed by atoms with Crippen molar-refractivity contribution >= 4 is 12.0 Å². The summed E-state index contributed by atoms with van der Waals surface area (Å²) in [7, 11) is 1.33. The summed E-state index contributed by atoms with van der Waals surface area (Å²) >= 11 is 0. The number of nitrogens with one attached hydrogen (secondary N) is 1. The standard InChI is InChI=1S/C15H20N2O3/c1-20-15(19)16-11-12-5-7-13(8-6-12)14(18)17-9-3-2-4-10-17/h5-8H,2-4,9-11H2,1H3,(H,16,19). The number of hydrogen-bond donors (Lipinski definition) is 1. The summed E-state index contributed by atoms with van der Waals surface area (Å²) in [5.74, 6) is 0.0946. The topological polar surface area (TPSA) is 58.6 Å². The Hall–Kier alpha value is -2.04. The Morgan fingerprint density at radius 2 is 1.80 bits per heavy atom. The van der Waals surface area contributed by atoms with Crippen LogP contribution in [0.3, 0.4) is 0 Å². The fourth-order valence-corrected chi connectivity index (χ4v) is 2.29. The van der Waals surface area contributed by atoms with E-state index in [0.29, 0.717) is 12.1 Å². The Morgan fingerprint density at radius 1 is 1.15 bits per heavy atom. The lowest BCUT2D eigenvalue weighted by molar-refractivity contribution is 0.0724. The van der Waals surface area contributed by atoms with E-state index in [4.69, 9.17) is 0 Å². The van der Waals surface area contributed by atoms with E-state index < -0.39 is 6.09 Å². The summed E-state index contributed by atoms with van der Waals surface area (Å²) in [6.45, 7) is 2.10. The van der Waals surface area contributed by atoms with E-state index in [0.717, 1.165) is 31.5 Å². The fourth-order valence-electron chi connectivity index (χ4n) is 2.29. The molecule has 1 saturated heterocycles. The van der Waals surface area contributed by atoms with Crippen LogP contribution in [0.15, 0.2) is 24.3 Å². The third-order valence-corrected chi connectivity index (χ3v) is 3.47. The largest absolute Gasteiger partial charge is 0.453 e. The maximum atomic E-state index is 12.3. The van der Waals surface area contributed by atoms with E-state index in [-0.39, 0.29) is 5.91 Å². The Balaban J connectivity index is 1.93. The lowest BCUT2D eigenvalue weighted by Gasteiger charge is -2.26. The SMILES string of the molecule is COC(=O)NCc1ccc(C(=O)N2CCCCC2)cc1. The van der Waals surface area contributed by atoms with Crippen molar-refractivity contribution in [2.24, 2.45) is 0 Å². The van der Waals surface area contributed by atoms with Crippen molar-refractivity contribution in [3.63, 3.8) is 0 Å². The number of ether oxygens (including phenoxy) is 1. The molecule has 0 aromatic heterocycles. The smallest absolute Gasteiger partial charge is 0.407 e. The summed E-state index contributed by atoms with van der Waals surface area (Å²) in [6, 6.07) is 7.33. The van der Waals surface area contributed by atoms with E-state index in [1.54, 1.807) is 0 Å². The highest BCUT2D eigenvalue weighted by atomic mass is 16.5. The van der Waals surface area contributed by atoms with Crippen molar-refractivity contribution < 1.29 is 14.3 Å². The van der Waals surface area contributed by atoms with Crippen LogP contribution in [0, 0.1) is 0 Å². The van der Waals surface area contributed by atoms with Gasteiger partial charge in [-0.2, -0.15) is 0 Å². The highest BCUT2D eigenvalue weighted by Crippen LogP contribution is 2.13. The van der Waals surface area contributed by atoms with Gasteiger partial charge in [0.2, 0.25) is 0 Å². The molecule has 108 valence electrons. The number of nitrogens with zero attached hydrogens (tertiary/aromatic N) is 1. The van der Waals surface area contributed by atoms with Gasteiger partial charge in [0, 0.05) is 25.2 Å². The van der Waals surface area contributed by atoms with Crippen molar-refractivity contribution in [2.75, 3.05) is 20.2 Å². The van der Waals surface area contributed by atoms with Gasteiger partial charge in [0.1, 0.15) is 0 Å². The quantitative estimate of drug-likeness (QED) is 0.920. The number of hydrogen-bond acceptors (Lipinski definition) is 3. The van der Waals surface area contributed by atoms with Gasteiger partial charge in [-0.15, -0.1) is 0 Å². The summed E-state index contributed by atoms with van der Waals surface area (Å²) in [4.78, 5) is 25.1. The number of carbonyl (C=O) groups is 2. The van der Waals surface area contributed by atoms with Crippen LogP contribution in [0.1, 0.15) is 35.2 Å². The number of amides is 2. The molecule has 0 saturated carbocycles. The molecular weight excluding hydrogens is 256 g/mol. The lowest BCUT2D eigenvalue weighted by Crippen LogP contribution is -2.35. The lowest BCUT2D eigenvalue weighted by atomic mass is 10.1. The van der Waals surface area contributed by atoms with Crippen LogP contribution in [-0.4, -0.2) is 37.1 Å². The van der Waals surface area contributed by atoms with Crippen LogP contribution in [0.5, 0.6) is 0 Å². The highest BCUT2D eigenvalue weighted by molar-refractivity contribution is 5.94. The molecule has 0 bridgehead atoms. The third kappa shape index (κ3) is 3.73. The average Bonchev–Trinajstić information content (AvgIpc) is 2.53. The first-order chi connectivity index (χ1) is 9.70. The van der Waals surface area contributed by atoms with Crippen molar-refractivity contribution in [3.8, 4) is 0 Å². The Bertz CT molecular complexity index is 465. The molecule has 0 unspecified atom stereocenters. The molecule has 1 aromatic carbocycles. The number of rotatable bonds is 3. The van der Waals surface area contributed by atoms with E-state index in [1.807, 2.05) is 29.2 Å². The van der Waals surface area contributed by atoms with Gasteiger partial charge in [0.15, 0.2) is 0 Å². The van der Waals surface area contributed by atoms with Gasteiger partial charge in [-0.05, 0) is 37.0 Å². The van der Waals surface area contributed by atoms with E-state index in [1.165, 1.54) is 13.5 Å². The van der Waals surface area contributed by atoms with E-state index in [9.17, 15) is 9.59 Å². The molecule has 0 spiro atoms. The minimum Gasteiger partial charge on any atom is -0.453 e. The van der Waals surface area contributed by atoms with Crippen molar-refractivity contribution in [2.45, 2.75) is 25.8 Å². The summed E-state index contributed by atoms with van der Waals surface area (Å²) in [6.07, 6.45) is 2.93. The molecule has 5 nitrogen and oxygen atoms in total. The van der Waals surface area contributed by atoms with Gasteiger partial charge in [-0.3, -0.25) is 4.79 Å². The van der Waals surface area contributed by atoms with Gasteiger partial charge in [-0.1, -0.05) is 12.1 Å². The zero-order chi connectivity index (χ0) is 14.4.